The van der Waals surface area contributed by atoms with Crippen molar-refractivity contribution in [2.24, 2.45) is 11.8 Å². The fraction of sp³-hybridized carbons (Fsp3) is 0.171. The molecule has 7 rings (SSSR count). The van der Waals surface area contributed by atoms with Crippen LogP contribution in [0.15, 0.2) is 103 Å². The van der Waals surface area contributed by atoms with E-state index in [1.54, 1.807) is 18.3 Å². The summed E-state index contributed by atoms with van der Waals surface area (Å²) in [6.45, 7) is 9.80. The van der Waals surface area contributed by atoms with Crippen LogP contribution in [0.4, 0.5) is 4.39 Å². The van der Waals surface area contributed by atoms with Crippen molar-refractivity contribution < 1.29 is 9.18 Å². The monoisotopic (exact) mass is 536 g/mol. The Kier molecular flexibility index (Phi) is 5.83. The number of para-hydroxylation sites is 1. The third-order valence-corrected chi connectivity index (χ3v) is 8.71. The van der Waals surface area contributed by atoms with Gasteiger partial charge in [-0.2, -0.15) is 0 Å². The predicted molar refractivity (Wildman–Crippen MR) is 156 cm³/mol. The molecule has 0 bridgehead atoms. The number of carbonyl (C=O) groups is 1. The Balaban J connectivity index is 1.63. The number of aromatic nitrogens is 3. The predicted octanol–water partition coefficient (Wildman–Crippen LogP) is 7.37. The highest BCUT2D eigenvalue weighted by Gasteiger charge is 2.53. The van der Waals surface area contributed by atoms with E-state index in [4.69, 9.17) is 16.5 Å². The molecule has 41 heavy (non-hydrogen) atoms. The van der Waals surface area contributed by atoms with E-state index in [9.17, 15) is 4.79 Å². The van der Waals surface area contributed by atoms with Crippen molar-refractivity contribution in [3.63, 3.8) is 0 Å². The fourth-order valence-corrected chi connectivity index (χ4v) is 6.81. The summed E-state index contributed by atoms with van der Waals surface area (Å²) in [6.07, 6.45) is 4.83. The van der Waals surface area contributed by atoms with Gasteiger partial charge in [0.2, 0.25) is 5.70 Å². The maximum atomic E-state index is 15.4. The van der Waals surface area contributed by atoms with Gasteiger partial charge in [0.05, 0.1) is 28.9 Å². The van der Waals surface area contributed by atoms with Crippen LogP contribution in [0.5, 0.6) is 0 Å². The Labute approximate surface area is 237 Å². The summed E-state index contributed by atoms with van der Waals surface area (Å²) in [6, 6.07) is 26.3. The molecule has 0 saturated heterocycles. The minimum atomic E-state index is -0.859. The number of hydrogen-bond donors (Lipinski definition) is 0. The van der Waals surface area contributed by atoms with E-state index >= 15 is 4.39 Å². The molecule has 0 saturated carbocycles. The highest BCUT2D eigenvalue weighted by molar-refractivity contribution is 6.01. The van der Waals surface area contributed by atoms with Gasteiger partial charge in [0.15, 0.2) is 11.6 Å². The third kappa shape index (κ3) is 3.73. The Hall–Kier alpha value is -5.02. The number of pyridine rings is 1. The largest absolute Gasteiger partial charge is 0.308 e. The molecule has 2 aliphatic rings. The normalized spacial score (nSPS) is 21.5. The first-order valence-electron chi connectivity index (χ1n) is 13.7. The Bertz CT molecular complexity index is 1920. The van der Waals surface area contributed by atoms with Crippen LogP contribution in [0.1, 0.15) is 30.2 Å². The van der Waals surface area contributed by atoms with Gasteiger partial charge < -0.3 is 4.79 Å². The van der Waals surface area contributed by atoms with Crippen LogP contribution in [-0.4, -0.2) is 20.7 Å². The minimum Gasteiger partial charge on any atom is -0.308 e. The van der Waals surface area contributed by atoms with Crippen LogP contribution in [0.25, 0.3) is 38.4 Å². The molecule has 0 unspecified atom stereocenters. The van der Waals surface area contributed by atoms with E-state index in [1.165, 1.54) is 6.07 Å². The molecule has 2 aromatic heterocycles. The van der Waals surface area contributed by atoms with Crippen molar-refractivity contribution in [1.29, 1.82) is 0 Å². The van der Waals surface area contributed by atoms with E-state index < -0.39 is 5.41 Å². The van der Waals surface area contributed by atoms with E-state index in [0.717, 1.165) is 33.3 Å². The molecule has 0 N–H and O–H groups in total. The van der Waals surface area contributed by atoms with Crippen LogP contribution in [0.3, 0.4) is 0 Å². The molecule has 3 aromatic carbocycles. The van der Waals surface area contributed by atoms with Gasteiger partial charge in [-0.05, 0) is 48.6 Å². The molecular weight excluding hydrogens is 511 g/mol. The smallest absolute Gasteiger partial charge is 0.226 e. The lowest BCUT2D eigenvalue weighted by molar-refractivity contribution is -0.121. The Morgan fingerprint density at radius 3 is 2.49 bits per heavy atom. The minimum absolute atomic E-state index is 0.118. The molecule has 0 aliphatic heterocycles. The van der Waals surface area contributed by atoms with Crippen LogP contribution in [0.2, 0.25) is 0 Å². The summed E-state index contributed by atoms with van der Waals surface area (Å²) in [7, 11) is 0. The van der Waals surface area contributed by atoms with Gasteiger partial charge in [-0.25, -0.2) is 19.2 Å². The number of fused-ring (bicyclic) bond motifs is 4. The van der Waals surface area contributed by atoms with Crippen molar-refractivity contribution in [3.8, 4) is 22.6 Å². The molecular formula is C35H25FN4O. The number of ketones is 1. The molecule has 6 heteroatoms. The maximum Gasteiger partial charge on any atom is 0.226 e. The first-order valence-corrected chi connectivity index (χ1v) is 13.7. The average molecular weight is 537 g/mol. The topological polar surface area (TPSA) is 60.1 Å². The summed E-state index contributed by atoms with van der Waals surface area (Å²) in [4.78, 5) is 31.8. The molecule has 0 amide bonds. The summed E-state index contributed by atoms with van der Waals surface area (Å²) in [5, 5.41) is 0.889. The lowest BCUT2D eigenvalue weighted by atomic mass is 9.55. The van der Waals surface area contributed by atoms with Gasteiger partial charge in [0, 0.05) is 34.2 Å². The number of Topliss-reactive ketones (excluding diaryl/α,β-unsaturated/α-hetero) is 1. The van der Waals surface area contributed by atoms with Crippen LogP contribution < -0.4 is 0 Å². The second kappa shape index (κ2) is 9.57. The Morgan fingerprint density at radius 1 is 0.927 bits per heavy atom. The summed E-state index contributed by atoms with van der Waals surface area (Å²) in [5.41, 5.74) is 4.33. The van der Waals surface area contributed by atoms with Gasteiger partial charge in [0.25, 0.3) is 0 Å². The standard InChI is InChI=1S/C35H25FN4O/c1-21-27-17-16-26-31(25-13-6-8-14-28(25)36)39-34(24-18-19-38-29-15-9-7-12-23(24)29)40-33(26)35(27,20-30(37-2)32(21)41)22-10-4-3-5-11-22/h3-15,18-21,27H,16-17H2,1H3/t21-,27-,35+/m1/s1. The number of benzene rings is 3. The van der Waals surface area contributed by atoms with E-state index in [1.807, 2.05) is 79.7 Å². The molecule has 0 spiro atoms. The van der Waals surface area contributed by atoms with E-state index in [2.05, 4.69) is 9.83 Å². The van der Waals surface area contributed by atoms with Gasteiger partial charge in [0.1, 0.15) is 5.82 Å². The molecule has 5 aromatic rings. The second-order valence-corrected chi connectivity index (χ2v) is 10.8. The lowest BCUT2D eigenvalue weighted by Gasteiger charge is -2.48. The lowest BCUT2D eigenvalue weighted by Crippen LogP contribution is -2.48. The maximum absolute atomic E-state index is 15.4. The first kappa shape index (κ1) is 25.0. The molecule has 0 radical (unpaired) electrons. The molecule has 2 heterocycles. The van der Waals surface area contributed by atoms with Crippen molar-refractivity contribution >= 4 is 16.7 Å². The first-order chi connectivity index (χ1) is 20.0. The molecule has 3 atom stereocenters. The zero-order chi connectivity index (χ0) is 28.1. The van der Waals surface area contributed by atoms with Crippen LogP contribution >= 0.6 is 0 Å². The van der Waals surface area contributed by atoms with Crippen LogP contribution in [0, 0.1) is 24.2 Å². The van der Waals surface area contributed by atoms with Crippen molar-refractivity contribution in [2.75, 3.05) is 0 Å². The number of halogens is 1. The van der Waals surface area contributed by atoms with Crippen LogP contribution in [-0.2, 0) is 16.6 Å². The van der Waals surface area contributed by atoms with Crippen molar-refractivity contribution in [3.05, 3.63) is 137 Å². The molecule has 0 fully saturated rings. The molecule has 2 aliphatic carbocycles. The summed E-state index contributed by atoms with van der Waals surface area (Å²) >= 11 is 0. The number of carbonyl (C=O) groups excluding carboxylic acids is 1. The molecule has 198 valence electrons. The number of allylic oxidation sites excluding steroid dienone is 2. The van der Waals surface area contributed by atoms with Gasteiger partial charge >= 0.3 is 0 Å². The second-order valence-electron chi connectivity index (χ2n) is 10.8. The highest BCUT2D eigenvalue weighted by atomic mass is 19.1. The average Bonchev–Trinajstić information content (AvgIpc) is 3.02. The van der Waals surface area contributed by atoms with Gasteiger partial charge in [-0.1, -0.05) is 73.7 Å². The van der Waals surface area contributed by atoms with E-state index in [0.29, 0.717) is 29.9 Å². The van der Waals surface area contributed by atoms with Gasteiger partial charge in [-0.3, -0.25) is 4.98 Å². The molecule has 5 nitrogen and oxygen atoms in total. The number of nitrogens with zero attached hydrogens (tertiary/aromatic N) is 4. The highest BCUT2D eigenvalue weighted by Crippen LogP contribution is 2.54. The third-order valence-electron chi connectivity index (χ3n) is 8.71. The van der Waals surface area contributed by atoms with Crippen molar-refractivity contribution in [1.82, 2.24) is 15.0 Å². The number of rotatable bonds is 3. The van der Waals surface area contributed by atoms with Gasteiger partial charge in [-0.15, -0.1) is 0 Å². The van der Waals surface area contributed by atoms with E-state index in [-0.39, 0.29) is 29.1 Å². The SMILES string of the molecule is [C-]#[N+]C1=C[C@@]2(c3ccccc3)c3nc(-c4ccnc5ccccc45)nc(-c4ccccc4F)c3CC[C@@H]2[C@@H](C)C1=O. The summed E-state index contributed by atoms with van der Waals surface area (Å²) in [5.74, 6) is -0.544. The zero-order valence-corrected chi connectivity index (χ0v) is 22.4. The number of hydrogen-bond acceptors (Lipinski definition) is 4. The van der Waals surface area contributed by atoms with Crippen molar-refractivity contribution in [2.45, 2.75) is 25.2 Å². The fourth-order valence-electron chi connectivity index (χ4n) is 6.81. The zero-order valence-electron chi connectivity index (χ0n) is 22.4. The Morgan fingerprint density at radius 2 is 1.68 bits per heavy atom. The quantitative estimate of drug-likeness (QED) is 0.226. The summed E-state index contributed by atoms with van der Waals surface area (Å²) < 4.78 is 15.4.